The van der Waals surface area contributed by atoms with E-state index in [4.69, 9.17) is 0 Å². The van der Waals surface area contributed by atoms with Crippen molar-refractivity contribution in [1.29, 1.82) is 0 Å². The van der Waals surface area contributed by atoms with Gasteiger partial charge in [-0.2, -0.15) is 15.0 Å². The van der Waals surface area contributed by atoms with Crippen molar-refractivity contribution in [3.05, 3.63) is 12.1 Å². The Labute approximate surface area is 239 Å². The summed E-state index contributed by atoms with van der Waals surface area (Å²) in [6.45, 7) is -8.64. The summed E-state index contributed by atoms with van der Waals surface area (Å²) in [5.41, 5.74) is -3.69. The van der Waals surface area contributed by atoms with Crippen LogP contribution in [0.5, 0.6) is 0 Å². The van der Waals surface area contributed by atoms with E-state index in [0.29, 0.717) is 18.6 Å². The molecule has 0 spiro atoms. The Hall–Kier alpha value is 1.60. The Kier molecular flexibility index (Phi) is 13.2. The zero-order valence-electron chi connectivity index (χ0n) is 15.9. The van der Waals surface area contributed by atoms with Gasteiger partial charge in [0.1, 0.15) is 0 Å². The van der Waals surface area contributed by atoms with Crippen molar-refractivity contribution in [1.82, 2.24) is 15.0 Å². The molecule has 0 bridgehead atoms. The Morgan fingerprint density at radius 2 is 1.15 bits per heavy atom. The van der Waals surface area contributed by atoms with E-state index in [0.717, 1.165) is 36.9 Å². The van der Waals surface area contributed by atoms with Crippen molar-refractivity contribution in [2.75, 3.05) is 0 Å². The van der Waals surface area contributed by atoms with Crippen LogP contribution in [-0.2, 0) is 6.54 Å². The summed E-state index contributed by atoms with van der Waals surface area (Å²) in [6, 6.07) is 0.910. The van der Waals surface area contributed by atoms with Crippen LogP contribution in [-0.4, -0.2) is 28.9 Å². The molecule has 13 heteroatoms. The molecule has 27 heavy (non-hydrogen) atoms. The molecule has 0 saturated carbocycles. The fourth-order valence-electron chi connectivity index (χ4n) is 2.74. The molecule has 3 nitrogen and oxygen atoms in total. The minimum atomic E-state index is -5.46. The van der Waals surface area contributed by atoms with Crippen LogP contribution in [0, 0.1) is 0 Å². The molecule has 140 valence electrons. The van der Waals surface area contributed by atoms with Crippen LogP contribution in [0.4, 0.5) is 25.9 Å². The van der Waals surface area contributed by atoms with Gasteiger partial charge >= 0.3 is 117 Å². The van der Waals surface area contributed by atoms with Crippen LogP contribution >= 0.6 is 0 Å². The average molecular weight is 443 g/mol. The van der Waals surface area contributed by atoms with Gasteiger partial charge in [-0.3, -0.25) is 0 Å². The van der Waals surface area contributed by atoms with Gasteiger partial charge in [0, 0.05) is 0 Å². The van der Waals surface area contributed by atoms with Crippen molar-refractivity contribution >= 4 is 35.9 Å². The summed E-state index contributed by atoms with van der Waals surface area (Å²) in [4.78, 5) is 0.959. The number of fused-ring (bicyclic) bond motifs is 1. The van der Waals surface area contributed by atoms with Crippen LogP contribution in [0.2, 0.25) is 0 Å². The number of aryl methyl sites for hydroxylation is 1. The zero-order valence-corrected chi connectivity index (χ0v) is 22.1. The van der Waals surface area contributed by atoms with Gasteiger partial charge < -0.3 is 25.9 Å². The normalized spacial score (nSPS) is 12.0. The molecule has 1 aromatic carbocycles. The van der Waals surface area contributed by atoms with Gasteiger partial charge in [0.05, 0.1) is 17.6 Å². The molecular weight excluding hydrogens is 424 g/mol. The molecule has 0 aliphatic carbocycles. The second-order valence-corrected chi connectivity index (χ2v) is 6.15. The third-order valence-corrected chi connectivity index (χ3v) is 4.06. The van der Waals surface area contributed by atoms with Crippen molar-refractivity contribution in [3.63, 3.8) is 0 Å². The molecule has 0 atom stereocenters. The van der Waals surface area contributed by atoms with E-state index in [-0.39, 0.29) is 109 Å². The van der Waals surface area contributed by atoms with E-state index in [1.54, 1.807) is 0 Å². The molecule has 0 amide bonds. The van der Waals surface area contributed by atoms with Crippen molar-refractivity contribution in [3.8, 4) is 0 Å². The van der Waals surface area contributed by atoms with Crippen LogP contribution in [0.3, 0.4) is 0 Å². The third kappa shape index (κ3) is 8.33. The molecule has 0 saturated heterocycles. The summed E-state index contributed by atoms with van der Waals surface area (Å²) in [7, 11) is 0. The number of halogens is 6. The van der Waals surface area contributed by atoms with Crippen molar-refractivity contribution in [2.45, 2.75) is 52.0 Å². The second kappa shape index (κ2) is 12.5. The number of hydrogen-bond acceptors (Lipinski definition) is 2. The predicted molar refractivity (Wildman–Crippen MR) is 88.3 cm³/mol. The molecule has 1 heterocycles. The number of unbranched alkanes of at least 4 members (excludes halogenated alkanes) is 5. The van der Waals surface area contributed by atoms with Crippen LogP contribution < -0.4 is 114 Å². The molecule has 0 unspecified atom stereocenters. The van der Waals surface area contributed by atoms with Gasteiger partial charge in [0.15, 0.2) is 0 Å². The molecule has 0 fully saturated rings. The molecule has 0 aliphatic heterocycles. The average Bonchev–Trinajstić information content (AvgIpc) is 2.91. The SMILES string of the molecule is CCCCCCCCn1nc2c([B-](F)(F)F)ccc([B-](F)(F)F)c2n1.[K+].[K+]. The fourth-order valence-corrected chi connectivity index (χ4v) is 2.74. The van der Waals surface area contributed by atoms with Gasteiger partial charge in [0.25, 0.3) is 0 Å². The first-order chi connectivity index (χ1) is 11.6. The van der Waals surface area contributed by atoms with Gasteiger partial charge in [-0.1, -0.05) is 62.1 Å². The zero-order chi connectivity index (χ0) is 18.7. The number of nitrogens with zero attached hydrogens (tertiary/aromatic N) is 3. The number of benzene rings is 1. The molecule has 0 aliphatic rings. The van der Waals surface area contributed by atoms with E-state index >= 15 is 0 Å². The first kappa shape index (κ1) is 28.6. The Morgan fingerprint density at radius 3 is 1.56 bits per heavy atom. The molecule has 0 N–H and O–H groups in total. The van der Waals surface area contributed by atoms with Gasteiger partial charge in [-0.05, 0) is 6.42 Å². The van der Waals surface area contributed by atoms with Crippen molar-refractivity contribution < 1.29 is 129 Å². The van der Waals surface area contributed by atoms with Gasteiger partial charge in [-0.15, -0.1) is 0 Å². The predicted octanol–water partition coefficient (Wildman–Crippen LogP) is -2.09. The van der Waals surface area contributed by atoms with Crippen LogP contribution in [0.15, 0.2) is 12.1 Å². The Morgan fingerprint density at radius 1 is 0.741 bits per heavy atom. The van der Waals surface area contributed by atoms with E-state index in [1.807, 2.05) is 0 Å². The minimum absolute atomic E-state index is 0. The standard InChI is InChI=1S/C14H19B2F6N3.2K/c1-2-3-4-5-6-7-10-25-23-13-11(15(17,18)19)8-9-12(14(13)24-25)16(20,21)22;;/h8-9H,2-7,10H2,1H3;;/q-2;2*+1. The first-order valence-electron chi connectivity index (χ1n) is 8.42. The third-order valence-electron chi connectivity index (χ3n) is 4.06. The summed E-state index contributed by atoms with van der Waals surface area (Å²) >= 11 is 0. The van der Waals surface area contributed by atoms with Gasteiger partial charge in [-0.25, -0.2) is 0 Å². The van der Waals surface area contributed by atoms with E-state index in [9.17, 15) is 25.9 Å². The minimum Gasteiger partial charge on any atom is -0.445 e. The molecule has 2 aromatic rings. The van der Waals surface area contributed by atoms with E-state index in [1.165, 1.54) is 0 Å². The molecule has 2 rings (SSSR count). The van der Waals surface area contributed by atoms with Gasteiger partial charge in [0.2, 0.25) is 0 Å². The topological polar surface area (TPSA) is 30.7 Å². The van der Waals surface area contributed by atoms with Crippen molar-refractivity contribution in [2.24, 2.45) is 0 Å². The molecular formula is C14H19B2F6K2N3. The number of hydrogen-bond donors (Lipinski definition) is 0. The smallest absolute Gasteiger partial charge is 0.445 e. The Bertz CT molecular complexity index is 670. The fraction of sp³-hybridized carbons (Fsp3) is 0.571. The van der Waals surface area contributed by atoms with E-state index in [2.05, 4.69) is 17.1 Å². The molecule has 0 radical (unpaired) electrons. The summed E-state index contributed by atoms with van der Waals surface area (Å²) < 4.78 is 78.5. The summed E-state index contributed by atoms with van der Waals surface area (Å²) in [5, 5.41) is 7.40. The maximum Gasteiger partial charge on any atom is 1.00 e. The maximum atomic E-state index is 13.1. The van der Waals surface area contributed by atoms with Crippen LogP contribution in [0.1, 0.15) is 45.4 Å². The van der Waals surface area contributed by atoms with Crippen LogP contribution in [0.25, 0.3) is 11.0 Å². The number of aromatic nitrogens is 3. The summed E-state index contributed by atoms with van der Waals surface area (Å²) in [6.07, 6.45) is 5.69. The largest absolute Gasteiger partial charge is 1.00 e. The second-order valence-electron chi connectivity index (χ2n) is 6.15. The Balaban J connectivity index is 0.00000338. The first-order valence-corrected chi connectivity index (χ1v) is 8.42. The summed E-state index contributed by atoms with van der Waals surface area (Å²) in [5.74, 6) is 0. The molecule has 1 aromatic heterocycles. The van der Waals surface area contributed by atoms with E-state index < -0.39 is 35.9 Å². The number of rotatable bonds is 9. The monoisotopic (exact) mass is 443 g/mol. The quantitative estimate of drug-likeness (QED) is 0.253. The maximum absolute atomic E-state index is 13.1.